The molecule has 24 heavy (non-hydrogen) atoms. The van der Waals surface area contributed by atoms with E-state index in [0.29, 0.717) is 11.1 Å². The lowest BCUT2D eigenvalue weighted by Gasteiger charge is -2.25. The first-order valence-electron chi connectivity index (χ1n) is 7.19. The number of rotatable bonds is 4. The van der Waals surface area contributed by atoms with E-state index in [9.17, 15) is 23.7 Å². The molecule has 0 spiro atoms. The Balaban J connectivity index is 2.30. The van der Waals surface area contributed by atoms with Gasteiger partial charge in [0.15, 0.2) is 11.6 Å². The summed E-state index contributed by atoms with van der Waals surface area (Å²) in [6.45, 7) is 3.24. The highest BCUT2D eigenvalue weighted by atomic mass is 19.2. The molecule has 2 rings (SSSR count). The van der Waals surface area contributed by atoms with Crippen LogP contribution in [0.3, 0.4) is 0 Å². The Kier molecular flexibility index (Phi) is 4.92. The van der Waals surface area contributed by atoms with Gasteiger partial charge in [-0.3, -0.25) is 14.9 Å². The van der Waals surface area contributed by atoms with Crippen LogP contribution >= 0.6 is 0 Å². The van der Waals surface area contributed by atoms with Crippen LogP contribution in [0.25, 0.3) is 0 Å². The Hall–Kier alpha value is -2.83. The second kappa shape index (κ2) is 6.74. The number of amides is 1. The zero-order valence-corrected chi connectivity index (χ0v) is 13.4. The number of hydrogen-bond donors (Lipinski definition) is 0. The first-order chi connectivity index (χ1) is 11.2. The van der Waals surface area contributed by atoms with Crippen LogP contribution in [0.5, 0.6) is 0 Å². The largest absolute Gasteiger partial charge is 0.335 e. The fourth-order valence-electron chi connectivity index (χ4n) is 2.31. The Labute approximate surface area is 137 Å². The zero-order valence-electron chi connectivity index (χ0n) is 13.4. The third-order valence-corrected chi connectivity index (χ3v) is 3.98. The van der Waals surface area contributed by atoms with E-state index in [1.54, 1.807) is 13.8 Å². The number of aryl methyl sites for hydroxylation is 1. The van der Waals surface area contributed by atoms with Gasteiger partial charge in [-0.25, -0.2) is 8.78 Å². The molecule has 1 unspecified atom stereocenters. The fourth-order valence-corrected chi connectivity index (χ4v) is 2.31. The summed E-state index contributed by atoms with van der Waals surface area (Å²) >= 11 is 0. The molecule has 0 aliphatic carbocycles. The highest BCUT2D eigenvalue weighted by Crippen LogP contribution is 2.25. The third-order valence-electron chi connectivity index (χ3n) is 3.98. The first-order valence-corrected chi connectivity index (χ1v) is 7.19. The van der Waals surface area contributed by atoms with E-state index < -0.39 is 28.5 Å². The van der Waals surface area contributed by atoms with Crippen LogP contribution in [-0.2, 0) is 0 Å². The van der Waals surface area contributed by atoms with E-state index in [-0.39, 0.29) is 11.3 Å². The van der Waals surface area contributed by atoms with Gasteiger partial charge in [-0.1, -0.05) is 12.1 Å². The summed E-state index contributed by atoms with van der Waals surface area (Å²) in [6.07, 6.45) is 0. The molecule has 0 aliphatic heterocycles. The van der Waals surface area contributed by atoms with E-state index in [2.05, 4.69) is 0 Å². The number of hydrogen-bond acceptors (Lipinski definition) is 3. The number of nitro groups is 1. The average molecular weight is 334 g/mol. The van der Waals surface area contributed by atoms with Gasteiger partial charge in [0, 0.05) is 24.2 Å². The predicted octanol–water partition coefficient (Wildman–Crippen LogP) is 4.01. The van der Waals surface area contributed by atoms with E-state index in [0.717, 1.165) is 12.1 Å². The van der Waals surface area contributed by atoms with E-state index >= 15 is 0 Å². The van der Waals surface area contributed by atoms with Crippen LogP contribution in [0.1, 0.15) is 34.5 Å². The molecular weight excluding hydrogens is 318 g/mol. The summed E-state index contributed by atoms with van der Waals surface area (Å²) in [5, 5.41) is 11.0. The normalized spacial score (nSPS) is 11.9. The summed E-state index contributed by atoms with van der Waals surface area (Å²) in [6, 6.07) is 7.10. The number of nitrogens with zero attached hydrogens (tertiary/aromatic N) is 2. The standard InChI is InChI=1S/C17H16F2N2O3/c1-10-4-5-13(9-16(10)21(23)24)17(22)20(3)11(2)12-6-7-14(18)15(19)8-12/h4-9,11H,1-3H3. The Morgan fingerprint density at radius 2 is 1.83 bits per heavy atom. The molecule has 5 nitrogen and oxygen atoms in total. The minimum absolute atomic E-state index is 0.144. The maximum absolute atomic E-state index is 13.4. The maximum atomic E-state index is 13.4. The minimum Gasteiger partial charge on any atom is -0.335 e. The molecule has 126 valence electrons. The highest BCUT2D eigenvalue weighted by molar-refractivity contribution is 5.95. The molecule has 0 aromatic heterocycles. The van der Waals surface area contributed by atoms with Crippen molar-refractivity contribution in [3.05, 3.63) is 74.8 Å². The molecule has 0 bridgehead atoms. The van der Waals surface area contributed by atoms with Crippen molar-refractivity contribution in [3.8, 4) is 0 Å². The SMILES string of the molecule is Cc1ccc(C(=O)N(C)C(C)c2ccc(F)c(F)c2)cc1[N+](=O)[O-]. The van der Waals surface area contributed by atoms with Gasteiger partial charge >= 0.3 is 0 Å². The summed E-state index contributed by atoms with van der Waals surface area (Å²) in [5.74, 6) is -2.41. The number of halogens is 2. The van der Waals surface area contributed by atoms with Crippen molar-refractivity contribution in [1.82, 2.24) is 4.90 Å². The Bertz CT molecular complexity index is 808. The van der Waals surface area contributed by atoms with Gasteiger partial charge in [0.2, 0.25) is 0 Å². The van der Waals surface area contributed by atoms with Gasteiger partial charge in [-0.2, -0.15) is 0 Å². The van der Waals surface area contributed by atoms with Gasteiger partial charge in [-0.05, 0) is 37.6 Å². The van der Waals surface area contributed by atoms with Gasteiger partial charge in [0.1, 0.15) is 0 Å². The molecule has 1 amide bonds. The number of benzene rings is 2. The molecule has 0 aliphatic rings. The van der Waals surface area contributed by atoms with Gasteiger partial charge in [0.25, 0.3) is 11.6 Å². The first kappa shape index (κ1) is 17.5. The smallest absolute Gasteiger partial charge is 0.273 e. The number of carbonyl (C=O) groups excluding carboxylic acids is 1. The van der Waals surface area contributed by atoms with Crippen molar-refractivity contribution in [1.29, 1.82) is 0 Å². The van der Waals surface area contributed by atoms with Gasteiger partial charge in [0.05, 0.1) is 11.0 Å². The fraction of sp³-hybridized carbons (Fsp3) is 0.235. The maximum Gasteiger partial charge on any atom is 0.273 e. The summed E-state index contributed by atoms with van der Waals surface area (Å²) < 4.78 is 26.4. The van der Waals surface area contributed by atoms with Crippen molar-refractivity contribution < 1.29 is 18.5 Å². The lowest BCUT2D eigenvalue weighted by atomic mass is 10.0. The molecule has 0 saturated carbocycles. The topological polar surface area (TPSA) is 63.5 Å². The van der Waals surface area contributed by atoms with Crippen LogP contribution in [0.4, 0.5) is 14.5 Å². The van der Waals surface area contributed by atoms with Crippen LogP contribution in [-0.4, -0.2) is 22.8 Å². The lowest BCUT2D eigenvalue weighted by molar-refractivity contribution is -0.385. The lowest BCUT2D eigenvalue weighted by Crippen LogP contribution is -2.29. The molecule has 0 N–H and O–H groups in total. The van der Waals surface area contributed by atoms with Crippen molar-refractivity contribution in [2.75, 3.05) is 7.05 Å². The second-order valence-corrected chi connectivity index (χ2v) is 5.52. The molecule has 2 aromatic carbocycles. The number of nitro benzene ring substituents is 1. The van der Waals surface area contributed by atoms with Gasteiger partial charge < -0.3 is 4.90 Å². The van der Waals surface area contributed by atoms with Crippen LogP contribution in [0, 0.1) is 28.7 Å². The van der Waals surface area contributed by atoms with Crippen LogP contribution < -0.4 is 0 Å². The molecule has 1 atom stereocenters. The molecular formula is C17H16F2N2O3. The number of carbonyl (C=O) groups is 1. The third kappa shape index (κ3) is 3.40. The van der Waals surface area contributed by atoms with E-state index in [1.807, 2.05) is 0 Å². The average Bonchev–Trinajstić information content (AvgIpc) is 2.55. The van der Waals surface area contributed by atoms with Crippen LogP contribution in [0.15, 0.2) is 36.4 Å². The monoisotopic (exact) mass is 334 g/mol. The quantitative estimate of drug-likeness (QED) is 0.627. The van der Waals surface area contributed by atoms with Crippen LogP contribution in [0.2, 0.25) is 0 Å². The van der Waals surface area contributed by atoms with Gasteiger partial charge in [-0.15, -0.1) is 0 Å². The van der Waals surface area contributed by atoms with Crippen molar-refractivity contribution in [3.63, 3.8) is 0 Å². The molecule has 7 heteroatoms. The van der Waals surface area contributed by atoms with Crippen molar-refractivity contribution in [2.45, 2.75) is 19.9 Å². The molecule has 0 radical (unpaired) electrons. The summed E-state index contributed by atoms with van der Waals surface area (Å²) in [7, 11) is 1.50. The minimum atomic E-state index is -0.994. The molecule has 2 aromatic rings. The Morgan fingerprint density at radius 3 is 2.42 bits per heavy atom. The summed E-state index contributed by atoms with van der Waals surface area (Å²) in [4.78, 5) is 24.3. The van der Waals surface area contributed by atoms with Crippen molar-refractivity contribution in [2.24, 2.45) is 0 Å². The van der Waals surface area contributed by atoms with E-state index in [4.69, 9.17) is 0 Å². The second-order valence-electron chi connectivity index (χ2n) is 5.52. The molecule has 0 fully saturated rings. The molecule has 0 saturated heterocycles. The van der Waals surface area contributed by atoms with Crippen molar-refractivity contribution >= 4 is 11.6 Å². The highest BCUT2D eigenvalue weighted by Gasteiger charge is 2.22. The predicted molar refractivity (Wildman–Crippen MR) is 84.7 cm³/mol. The zero-order chi connectivity index (χ0) is 18.0. The van der Waals surface area contributed by atoms with E-state index in [1.165, 1.54) is 36.2 Å². The molecule has 0 heterocycles. The summed E-state index contributed by atoms with van der Waals surface area (Å²) in [5.41, 5.74) is 0.887. The Morgan fingerprint density at radius 1 is 1.17 bits per heavy atom.